The van der Waals surface area contributed by atoms with Gasteiger partial charge in [0.1, 0.15) is 16.1 Å². The second-order valence-electron chi connectivity index (χ2n) is 4.91. The van der Waals surface area contributed by atoms with Crippen molar-refractivity contribution in [2.24, 2.45) is 0 Å². The SMILES string of the molecule is CC(C)c1nnc(CNC(=O)[C@H]2NCCO[C@@H]2C)s1.Cl. The summed E-state index contributed by atoms with van der Waals surface area (Å²) in [5, 5.41) is 16.0. The van der Waals surface area contributed by atoms with Crippen LogP contribution < -0.4 is 10.6 Å². The number of nitrogens with one attached hydrogen (secondary N) is 2. The number of nitrogens with zero attached hydrogens (tertiary/aromatic N) is 2. The van der Waals surface area contributed by atoms with E-state index in [1.165, 1.54) is 0 Å². The third-order valence-electron chi connectivity index (χ3n) is 2.99. The molecule has 0 aromatic carbocycles. The van der Waals surface area contributed by atoms with Gasteiger partial charge in [0.2, 0.25) is 5.91 Å². The summed E-state index contributed by atoms with van der Waals surface area (Å²) in [5.41, 5.74) is 0. The molecule has 1 fully saturated rings. The van der Waals surface area contributed by atoms with E-state index in [1.54, 1.807) is 11.3 Å². The number of halogens is 1. The van der Waals surface area contributed by atoms with Crippen molar-refractivity contribution in [1.29, 1.82) is 0 Å². The zero-order valence-corrected chi connectivity index (χ0v) is 13.5. The lowest BCUT2D eigenvalue weighted by Crippen LogP contribution is -2.55. The Kier molecular flexibility index (Phi) is 6.81. The molecule has 1 aliphatic rings. The number of carbonyl (C=O) groups is 1. The number of amides is 1. The molecule has 2 rings (SSSR count). The first-order chi connectivity index (χ1) is 9.08. The van der Waals surface area contributed by atoms with Crippen molar-refractivity contribution >= 4 is 29.7 Å². The van der Waals surface area contributed by atoms with Crippen LogP contribution in [0.5, 0.6) is 0 Å². The third kappa shape index (κ3) is 4.37. The van der Waals surface area contributed by atoms with Gasteiger partial charge in [0.05, 0.1) is 19.3 Å². The van der Waals surface area contributed by atoms with Crippen molar-refractivity contribution < 1.29 is 9.53 Å². The van der Waals surface area contributed by atoms with Gasteiger partial charge in [-0.25, -0.2) is 0 Å². The number of hydrogen-bond acceptors (Lipinski definition) is 6. The Morgan fingerprint density at radius 3 is 2.90 bits per heavy atom. The second-order valence-corrected chi connectivity index (χ2v) is 6.01. The van der Waals surface area contributed by atoms with E-state index in [1.807, 2.05) is 6.92 Å². The van der Waals surface area contributed by atoms with Crippen molar-refractivity contribution in [3.63, 3.8) is 0 Å². The van der Waals surface area contributed by atoms with Gasteiger partial charge in [0.25, 0.3) is 0 Å². The molecule has 1 aliphatic heterocycles. The van der Waals surface area contributed by atoms with Crippen LogP contribution in [0.25, 0.3) is 0 Å². The van der Waals surface area contributed by atoms with Crippen molar-refractivity contribution in [3.05, 3.63) is 10.0 Å². The molecule has 2 heterocycles. The number of carbonyl (C=O) groups excluding carboxylic acids is 1. The lowest BCUT2D eigenvalue weighted by atomic mass is 10.1. The minimum atomic E-state index is -0.286. The van der Waals surface area contributed by atoms with Crippen LogP contribution in [-0.2, 0) is 16.1 Å². The van der Waals surface area contributed by atoms with Crippen LogP contribution in [0.15, 0.2) is 0 Å². The fraction of sp³-hybridized carbons (Fsp3) is 0.750. The number of rotatable bonds is 4. The molecule has 0 aliphatic carbocycles. The van der Waals surface area contributed by atoms with E-state index >= 15 is 0 Å². The van der Waals surface area contributed by atoms with E-state index in [2.05, 4.69) is 34.7 Å². The van der Waals surface area contributed by atoms with E-state index in [0.29, 0.717) is 25.6 Å². The summed E-state index contributed by atoms with van der Waals surface area (Å²) in [5.74, 6) is 0.323. The molecule has 0 saturated carbocycles. The minimum absolute atomic E-state index is 0. The third-order valence-corrected chi connectivity index (χ3v) is 4.21. The minimum Gasteiger partial charge on any atom is -0.375 e. The number of ether oxygens (including phenoxy) is 1. The molecule has 6 nitrogen and oxygen atoms in total. The first-order valence-electron chi connectivity index (χ1n) is 6.53. The predicted octanol–water partition coefficient (Wildman–Crippen LogP) is 1.08. The van der Waals surface area contributed by atoms with Gasteiger partial charge in [0, 0.05) is 12.5 Å². The van der Waals surface area contributed by atoms with Crippen molar-refractivity contribution in [2.45, 2.75) is 45.4 Å². The van der Waals surface area contributed by atoms with Crippen LogP contribution in [0.2, 0.25) is 0 Å². The molecule has 1 saturated heterocycles. The fourth-order valence-electron chi connectivity index (χ4n) is 1.87. The van der Waals surface area contributed by atoms with Gasteiger partial charge in [-0.15, -0.1) is 22.6 Å². The van der Waals surface area contributed by atoms with Gasteiger partial charge in [-0.2, -0.15) is 0 Å². The summed E-state index contributed by atoms with van der Waals surface area (Å²) in [4.78, 5) is 12.0. The molecule has 1 amide bonds. The van der Waals surface area contributed by atoms with Crippen molar-refractivity contribution in [3.8, 4) is 0 Å². The van der Waals surface area contributed by atoms with Gasteiger partial charge in [0.15, 0.2) is 0 Å². The zero-order valence-electron chi connectivity index (χ0n) is 11.9. The average Bonchev–Trinajstić information content (AvgIpc) is 2.85. The lowest BCUT2D eigenvalue weighted by Gasteiger charge is -2.29. The highest BCUT2D eigenvalue weighted by molar-refractivity contribution is 7.11. The fourth-order valence-corrected chi connectivity index (χ4v) is 2.66. The van der Waals surface area contributed by atoms with Gasteiger partial charge in [-0.05, 0) is 6.92 Å². The maximum absolute atomic E-state index is 12.0. The van der Waals surface area contributed by atoms with Gasteiger partial charge in [-0.1, -0.05) is 25.2 Å². The van der Waals surface area contributed by atoms with Crippen molar-refractivity contribution in [1.82, 2.24) is 20.8 Å². The topological polar surface area (TPSA) is 76.1 Å². The molecule has 0 radical (unpaired) electrons. The summed E-state index contributed by atoms with van der Waals surface area (Å²) in [6, 6.07) is -0.286. The Hall–Kier alpha value is -0.760. The molecule has 20 heavy (non-hydrogen) atoms. The normalized spacial score (nSPS) is 22.4. The van der Waals surface area contributed by atoms with Gasteiger partial charge >= 0.3 is 0 Å². The van der Waals surface area contributed by atoms with Crippen LogP contribution in [0.1, 0.15) is 36.7 Å². The summed E-state index contributed by atoms with van der Waals surface area (Å²) >= 11 is 1.54. The highest BCUT2D eigenvalue weighted by Crippen LogP contribution is 2.18. The number of morpholine rings is 1. The molecular weight excluding hydrogens is 300 g/mol. The average molecular weight is 321 g/mol. The maximum atomic E-state index is 12.0. The molecule has 0 unspecified atom stereocenters. The molecule has 2 N–H and O–H groups in total. The monoisotopic (exact) mass is 320 g/mol. The van der Waals surface area contributed by atoms with E-state index in [9.17, 15) is 4.79 Å². The standard InChI is InChI=1S/C12H20N4O2S.ClH/c1-7(2)12-16-15-9(19-12)6-14-11(17)10-8(3)18-5-4-13-10;/h7-8,10,13H,4-6H2,1-3H3,(H,14,17);1H/t8-,10+;/m1./s1. The van der Waals surface area contributed by atoms with Crippen LogP contribution in [0.3, 0.4) is 0 Å². The predicted molar refractivity (Wildman–Crippen MR) is 80.3 cm³/mol. The van der Waals surface area contributed by atoms with E-state index in [-0.39, 0.29) is 30.5 Å². The highest BCUT2D eigenvalue weighted by atomic mass is 35.5. The number of aromatic nitrogens is 2. The summed E-state index contributed by atoms with van der Waals surface area (Å²) in [6.45, 7) is 7.84. The van der Waals surface area contributed by atoms with Crippen molar-refractivity contribution in [2.75, 3.05) is 13.2 Å². The van der Waals surface area contributed by atoms with Crippen LogP contribution in [-0.4, -0.2) is 41.4 Å². The van der Waals surface area contributed by atoms with E-state index in [0.717, 1.165) is 10.0 Å². The quantitative estimate of drug-likeness (QED) is 0.868. The maximum Gasteiger partial charge on any atom is 0.240 e. The highest BCUT2D eigenvalue weighted by Gasteiger charge is 2.28. The van der Waals surface area contributed by atoms with Crippen LogP contribution in [0, 0.1) is 0 Å². The molecule has 8 heteroatoms. The lowest BCUT2D eigenvalue weighted by molar-refractivity contribution is -0.129. The molecule has 114 valence electrons. The molecule has 0 spiro atoms. The Labute approximate surface area is 129 Å². The Morgan fingerprint density at radius 1 is 1.55 bits per heavy atom. The zero-order chi connectivity index (χ0) is 13.8. The largest absolute Gasteiger partial charge is 0.375 e. The molecular formula is C12H21ClN4O2S. The van der Waals surface area contributed by atoms with Crippen LogP contribution >= 0.6 is 23.7 Å². The van der Waals surface area contributed by atoms with Crippen LogP contribution in [0.4, 0.5) is 0 Å². The summed E-state index contributed by atoms with van der Waals surface area (Å²) in [6.07, 6.45) is -0.102. The second kappa shape index (κ2) is 7.87. The molecule has 1 aromatic heterocycles. The Bertz CT molecular complexity index is 441. The van der Waals surface area contributed by atoms with E-state index in [4.69, 9.17) is 4.74 Å². The smallest absolute Gasteiger partial charge is 0.240 e. The molecule has 0 bridgehead atoms. The first-order valence-corrected chi connectivity index (χ1v) is 7.34. The summed E-state index contributed by atoms with van der Waals surface area (Å²) in [7, 11) is 0. The Morgan fingerprint density at radius 2 is 2.30 bits per heavy atom. The van der Waals surface area contributed by atoms with Gasteiger partial charge < -0.3 is 15.4 Å². The number of hydrogen-bond donors (Lipinski definition) is 2. The van der Waals surface area contributed by atoms with E-state index < -0.39 is 0 Å². The molecule has 2 atom stereocenters. The van der Waals surface area contributed by atoms with Gasteiger partial charge in [-0.3, -0.25) is 4.79 Å². The first kappa shape index (κ1) is 17.3. The Balaban J connectivity index is 0.00000200. The summed E-state index contributed by atoms with van der Waals surface area (Å²) < 4.78 is 5.45. The molecule has 1 aromatic rings.